The van der Waals surface area contributed by atoms with E-state index in [-0.39, 0.29) is 29.1 Å². The highest BCUT2D eigenvalue weighted by Gasteiger charge is 2.31. The number of nitrogens with zero attached hydrogens (tertiary/aromatic N) is 4. The van der Waals surface area contributed by atoms with Crippen LogP contribution in [0.2, 0.25) is 0 Å². The van der Waals surface area contributed by atoms with Crippen molar-refractivity contribution in [1.82, 2.24) is 9.66 Å². The first-order valence-electron chi connectivity index (χ1n) is 12.0. The summed E-state index contributed by atoms with van der Waals surface area (Å²) in [6, 6.07) is 22.4. The van der Waals surface area contributed by atoms with Gasteiger partial charge in [0.25, 0.3) is 11.2 Å². The molecule has 0 amide bonds. The smallest absolute Gasteiger partial charge is 0.416 e. The van der Waals surface area contributed by atoms with Crippen LogP contribution in [0.3, 0.4) is 0 Å². The van der Waals surface area contributed by atoms with Gasteiger partial charge in [0.05, 0.1) is 31.2 Å². The van der Waals surface area contributed by atoms with Crippen molar-refractivity contribution in [3.8, 4) is 17.1 Å². The van der Waals surface area contributed by atoms with Crippen molar-refractivity contribution in [2.24, 2.45) is 5.10 Å². The van der Waals surface area contributed by atoms with Crippen LogP contribution in [-0.4, -0.2) is 20.8 Å². The fourth-order valence-corrected chi connectivity index (χ4v) is 4.71. The molecule has 4 aromatic carbocycles. The van der Waals surface area contributed by atoms with Crippen LogP contribution in [0.5, 0.6) is 5.75 Å². The number of rotatable bonds is 7. The zero-order valence-electron chi connectivity index (χ0n) is 20.9. The van der Waals surface area contributed by atoms with Gasteiger partial charge in [0.15, 0.2) is 5.82 Å². The molecule has 41 heavy (non-hydrogen) atoms. The Morgan fingerprint density at radius 3 is 2.54 bits per heavy atom. The van der Waals surface area contributed by atoms with E-state index in [4.69, 9.17) is 4.74 Å². The molecule has 5 rings (SSSR count). The van der Waals surface area contributed by atoms with E-state index in [0.29, 0.717) is 26.0 Å². The fraction of sp³-hybridized carbons (Fsp3) is 0.0690. The maximum Gasteiger partial charge on any atom is 0.416 e. The number of non-ortho nitro benzene ring substituents is 1. The largest absolute Gasteiger partial charge is 0.488 e. The molecule has 0 spiro atoms. The summed E-state index contributed by atoms with van der Waals surface area (Å²) in [6.07, 6.45) is -3.17. The maximum absolute atomic E-state index is 13.4. The minimum atomic E-state index is -4.57. The van der Waals surface area contributed by atoms with E-state index in [9.17, 15) is 28.1 Å². The van der Waals surface area contributed by atoms with Gasteiger partial charge in [-0.25, -0.2) is 4.98 Å². The third-order valence-corrected chi connectivity index (χ3v) is 6.84. The molecule has 0 aliphatic carbocycles. The molecular formula is C29H18F3IN4O4. The average Bonchev–Trinajstić information content (AvgIpc) is 2.96. The molecule has 0 aliphatic rings. The summed E-state index contributed by atoms with van der Waals surface area (Å²) in [4.78, 5) is 28.3. The number of halogens is 4. The van der Waals surface area contributed by atoms with Crippen molar-refractivity contribution in [2.45, 2.75) is 12.8 Å². The Morgan fingerprint density at radius 1 is 1.00 bits per heavy atom. The van der Waals surface area contributed by atoms with Crippen LogP contribution in [0.4, 0.5) is 18.9 Å². The molecule has 0 aliphatic heterocycles. The minimum absolute atomic E-state index is 0.0321. The first-order chi connectivity index (χ1) is 19.6. The summed E-state index contributed by atoms with van der Waals surface area (Å²) in [5, 5.41) is 15.6. The van der Waals surface area contributed by atoms with Gasteiger partial charge in [-0.05, 0) is 76.2 Å². The fourth-order valence-electron chi connectivity index (χ4n) is 4.01. The van der Waals surface area contributed by atoms with E-state index in [2.05, 4.69) is 32.7 Å². The third kappa shape index (κ3) is 6.27. The number of hydrogen-bond acceptors (Lipinski definition) is 6. The quantitative estimate of drug-likeness (QED) is 0.0800. The summed E-state index contributed by atoms with van der Waals surface area (Å²) in [5.41, 5.74) is 0.192. The number of fused-ring (bicyclic) bond motifs is 1. The number of alkyl halides is 3. The second-order valence-electron chi connectivity index (χ2n) is 8.80. The van der Waals surface area contributed by atoms with Crippen molar-refractivity contribution in [1.29, 1.82) is 0 Å². The molecule has 8 nitrogen and oxygen atoms in total. The van der Waals surface area contributed by atoms with E-state index in [1.807, 2.05) is 0 Å². The van der Waals surface area contributed by atoms with Crippen molar-refractivity contribution in [2.75, 3.05) is 0 Å². The molecule has 0 bridgehead atoms. The third-order valence-electron chi connectivity index (χ3n) is 6.00. The molecule has 5 aromatic rings. The minimum Gasteiger partial charge on any atom is -0.488 e. The molecule has 1 heterocycles. The number of aromatic nitrogens is 2. The van der Waals surface area contributed by atoms with Gasteiger partial charge < -0.3 is 4.74 Å². The van der Waals surface area contributed by atoms with Crippen molar-refractivity contribution in [3.63, 3.8) is 0 Å². The lowest BCUT2D eigenvalue weighted by Gasteiger charge is -2.12. The highest BCUT2D eigenvalue weighted by Crippen LogP contribution is 2.32. The second kappa shape index (κ2) is 11.5. The molecule has 0 saturated carbocycles. The van der Waals surface area contributed by atoms with Crippen LogP contribution in [0.1, 0.15) is 16.7 Å². The second-order valence-corrected chi connectivity index (χ2v) is 9.96. The van der Waals surface area contributed by atoms with Crippen LogP contribution >= 0.6 is 22.6 Å². The molecule has 0 radical (unpaired) electrons. The van der Waals surface area contributed by atoms with Crippen LogP contribution in [0.15, 0.2) is 101 Å². The molecule has 12 heteroatoms. The number of nitro groups is 1. The Morgan fingerprint density at radius 2 is 1.78 bits per heavy atom. The summed E-state index contributed by atoms with van der Waals surface area (Å²) in [6.45, 7) is 0.115. The van der Waals surface area contributed by atoms with Gasteiger partial charge in [-0.1, -0.05) is 36.4 Å². The lowest BCUT2D eigenvalue weighted by atomic mass is 10.1. The molecule has 206 valence electrons. The topological polar surface area (TPSA) is 99.6 Å². The SMILES string of the molecule is O=c1c2ccccc2nc(-c2cccc(C(F)(F)F)c2)n1N=Cc1ccc(OCc2cccc([N+](=O)[O-])c2)c(I)c1. The monoisotopic (exact) mass is 670 g/mol. The Bertz CT molecular complexity index is 1870. The predicted molar refractivity (Wildman–Crippen MR) is 156 cm³/mol. The highest BCUT2D eigenvalue weighted by atomic mass is 127. The number of nitro benzene ring substituents is 1. The molecule has 0 N–H and O–H groups in total. The predicted octanol–water partition coefficient (Wildman–Crippen LogP) is 7.06. The maximum atomic E-state index is 13.4. The number of para-hydroxylation sites is 1. The zero-order chi connectivity index (χ0) is 29.1. The van der Waals surface area contributed by atoms with Gasteiger partial charge in [-0.15, -0.1) is 0 Å². The van der Waals surface area contributed by atoms with Gasteiger partial charge in [0.1, 0.15) is 12.4 Å². The van der Waals surface area contributed by atoms with Crippen molar-refractivity contribution < 1.29 is 22.8 Å². The number of ether oxygens (including phenoxy) is 1. The highest BCUT2D eigenvalue weighted by molar-refractivity contribution is 14.1. The molecular weight excluding hydrogens is 652 g/mol. The van der Waals surface area contributed by atoms with Gasteiger partial charge in [0.2, 0.25) is 0 Å². The summed E-state index contributed by atoms with van der Waals surface area (Å²) in [7, 11) is 0. The average molecular weight is 670 g/mol. The molecule has 0 saturated heterocycles. The molecule has 0 atom stereocenters. The summed E-state index contributed by atoms with van der Waals surface area (Å²) in [5.74, 6) is 0.492. The summed E-state index contributed by atoms with van der Waals surface area (Å²) >= 11 is 2.06. The van der Waals surface area contributed by atoms with Gasteiger partial charge in [-0.2, -0.15) is 22.9 Å². The van der Waals surface area contributed by atoms with Crippen LogP contribution in [0, 0.1) is 13.7 Å². The van der Waals surface area contributed by atoms with Gasteiger partial charge >= 0.3 is 6.18 Å². The van der Waals surface area contributed by atoms with Crippen LogP contribution in [-0.2, 0) is 12.8 Å². The molecule has 1 aromatic heterocycles. The lowest BCUT2D eigenvalue weighted by Crippen LogP contribution is -2.20. The summed E-state index contributed by atoms with van der Waals surface area (Å²) < 4.78 is 47.7. The van der Waals surface area contributed by atoms with Crippen LogP contribution in [0.25, 0.3) is 22.3 Å². The Balaban J connectivity index is 1.47. The Kier molecular flexibility index (Phi) is 7.83. The lowest BCUT2D eigenvalue weighted by molar-refractivity contribution is -0.384. The molecule has 0 fully saturated rings. The van der Waals surface area contributed by atoms with Crippen LogP contribution < -0.4 is 10.3 Å². The van der Waals surface area contributed by atoms with Gasteiger partial charge in [-0.3, -0.25) is 14.9 Å². The first-order valence-corrected chi connectivity index (χ1v) is 13.1. The van der Waals surface area contributed by atoms with Crippen molar-refractivity contribution >= 4 is 45.4 Å². The van der Waals surface area contributed by atoms with E-state index < -0.39 is 22.2 Å². The Hall–Kier alpha value is -4.59. The molecule has 0 unspecified atom stereocenters. The number of hydrogen-bond donors (Lipinski definition) is 0. The zero-order valence-corrected chi connectivity index (χ0v) is 23.0. The standard InChI is InChI=1S/C29H18F3IN4O4/c30-29(31,32)21-7-4-6-20(15-21)27-35-25-10-2-1-9-23(25)28(38)36(27)34-16-18-11-12-26(24(33)14-18)41-17-19-5-3-8-22(13-19)37(39)40/h1-16H,17H2. The van der Waals surface area contributed by atoms with E-state index in [1.165, 1.54) is 30.5 Å². The van der Waals surface area contributed by atoms with E-state index in [0.717, 1.165) is 16.8 Å². The van der Waals surface area contributed by atoms with E-state index >= 15 is 0 Å². The van der Waals surface area contributed by atoms with Gasteiger partial charge in [0, 0.05) is 17.7 Å². The van der Waals surface area contributed by atoms with Crippen molar-refractivity contribution in [3.05, 3.63) is 132 Å². The van der Waals surface area contributed by atoms with E-state index in [1.54, 1.807) is 54.6 Å². The Labute approximate surface area is 244 Å². The number of benzene rings is 4. The normalized spacial score (nSPS) is 11.7. The first kappa shape index (κ1) is 28.0.